The van der Waals surface area contributed by atoms with E-state index < -0.39 is 11.9 Å². The van der Waals surface area contributed by atoms with Crippen molar-refractivity contribution in [3.63, 3.8) is 0 Å². The number of benzene rings is 2. The number of carbonyl (C=O) groups is 2. The number of rotatable bonds is 13. The molecule has 236 valence electrons. The quantitative estimate of drug-likeness (QED) is 0.290. The van der Waals surface area contributed by atoms with E-state index in [9.17, 15) is 14.7 Å². The second-order valence-electron chi connectivity index (χ2n) is 13.4. The number of nitrogens with zero attached hydrogens (tertiary/aromatic N) is 5. The summed E-state index contributed by atoms with van der Waals surface area (Å²) in [4.78, 5) is 35.7. The number of imidazole rings is 1. The molecule has 0 bridgehead atoms. The van der Waals surface area contributed by atoms with Gasteiger partial charge in [0, 0.05) is 68.6 Å². The van der Waals surface area contributed by atoms with Gasteiger partial charge >= 0.3 is 5.97 Å². The molecule has 1 amide bonds. The van der Waals surface area contributed by atoms with Crippen LogP contribution < -0.4 is 9.64 Å². The van der Waals surface area contributed by atoms with E-state index in [1.807, 2.05) is 47.0 Å². The van der Waals surface area contributed by atoms with Crippen LogP contribution in [0.3, 0.4) is 0 Å². The van der Waals surface area contributed by atoms with Gasteiger partial charge in [0.15, 0.2) is 0 Å². The van der Waals surface area contributed by atoms with Gasteiger partial charge in [-0.15, -0.1) is 0 Å². The SMILES string of the molecule is CCCCN(C(=O)CN1C[C@H](c2ccc3c(c2)CCO3)[C@@H](C(=O)O)[C@@H]1CCc1nccn1C)c1cccc(C[N+](C)(C)C)c1. The topological polar surface area (TPSA) is 87.9 Å². The van der Waals surface area contributed by atoms with E-state index in [2.05, 4.69) is 56.1 Å². The fraction of sp³-hybridized carbons (Fsp3) is 0.514. The van der Waals surface area contributed by atoms with Crippen LogP contribution in [0.5, 0.6) is 5.75 Å². The fourth-order valence-corrected chi connectivity index (χ4v) is 6.89. The van der Waals surface area contributed by atoms with Gasteiger partial charge < -0.3 is 23.8 Å². The number of aryl methyl sites for hydroxylation is 2. The van der Waals surface area contributed by atoms with Gasteiger partial charge in [-0.25, -0.2) is 4.98 Å². The highest BCUT2D eigenvalue weighted by Crippen LogP contribution is 2.41. The first-order valence-electron chi connectivity index (χ1n) is 15.9. The molecule has 2 aromatic carbocycles. The maximum Gasteiger partial charge on any atom is 0.308 e. The smallest absolute Gasteiger partial charge is 0.308 e. The van der Waals surface area contributed by atoms with Crippen molar-refractivity contribution in [1.29, 1.82) is 0 Å². The fourth-order valence-electron chi connectivity index (χ4n) is 6.89. The largest absolute Gasteiger partial charge is 0.493 e. The van der Waals surface area contributed by atoms with Crippen molar-refractivity contribution in [2.24, 2.45) is 13.0 Å². The van der Waals surface area contributed by atoms with Gasteiger partial charge in [-0.1, -0.05) is 37.6 Å². The lowest BCUT2D eigenvalue weighted by Gasteiger charge is -2.30. The zero-order chi connectivity index (χ0) is 31.4. The van der Waals surface area contributed by atoms with E-state index in [0.29, 0.717) is 32.5 Å². The highest BCUT2D eigenvalue weighted by molar-refractivity contribution is 5.95. The molecule has 1 N–H and O–H groups in total. The normalized spacial score (nSPS) is 20.0. The number of carboxylic acid groups (broad SMARTS) is 1. The second kappa shape index (κ2) is 13.5. The first-order chi connectivity index (χ1) is 21.0. The molecule has 0 unspecified atom stereocenters. The number of carbonyl (C=O) groups excluding carboxylic acids is 1. The Hall–Kier alpha value is -3.69. The van der Waals surface area contributed by atoms with Crippen molar-refractivity contribution < 1.29 is 23.9 Å². The van der Waals surface area contributed by atoms with Crippen LogP contribution in [0.2, 0.25) is 0 Å². The van der Waals surface area contributed by atoms with E-state index in [-0.39, 0.29) is 24.4 Å². The maximum absolute atomic E-state index is 14.2. The highest BCUT2D eigenvalue weighted by Gasteiger charge is 2.47. The van der Waals surface area contributed by atoms with Crippen LogP contribution in [0.1, 0.15) is 54.6 Å². The van der Waals surface area contributed by atoms with Crippen molar-refractivity contribution in [3.8, 4) is 5.75 Å². The summed E-state index contributed by atoms with van der Waals surface area (Å²) < 4.78 is 8.50. The number of amides is 1. The molecule has 0 radical (unpaired) electrons. The van der Waals surface area contributed by atoms with Crippen LogP contribution in [0.25, 0.3) is 0 Å². The predicted octanol–water partition coefficient (Wildman–Crippen LogP) is 4.50. The maximum atomic E-state index is 14.2. The molecule has 2 aliphatic rings. The zero-order valence-electron chi connectivity index (χ0n) is 26.9. The summed E-state index contributed by atoms with van der Waals surface area (Å²) in [5.74, 6) is 0.126. The molecule has 3 aromatic rings. The minimum atomic E-state index is -0.817. The number of quaternary nitrogens is 1. The van der Waals surface area contributed by atoms with E-state index in [0.717, 1.165) is 58.7 Å². The lowest BCUT2D eigenvalue weighted by molar-refractivity contribution is -0.884. The second-order valence-corrected chi connectivity index (χ2v) is 13.4. The number of ether oxygens (including phenoxy) is 1. The molecule has 1 saturated heterocycles. The summed E-state index contributed by atoms with van der Waals surface area (Å²) >= 11 is 0. The lowest BCUT2D eigenvalue weighted by Crippen LogP contribution is -2.45. The molecule has 44 heavy (non-hydrogen) atoms. The van der Waals surface area contributed by atoms with Crippen molar-refractivity contribution >= 4 is 17.6 Å². The van der Waals surface area contributed by atoms with Crippen LogP contribution in [0, 0.1) is 5.92 Å². The Balaban J connectivity index is 1.44. The van der Waals surface area contributed by atoms with Gasteiger partial charge in [-0.05, 0) is 42.2 Å². The van der Waals surface area contributed by atoms with Crippen molar-refractivity contribution in [2.45, 2.75) is 57.5 Å². The molecule has 3 atom stereocenters. The first-order valence-corrected chi connectivity index (χ1v) is 15.9. The first kappa shape index (κ1) is 31.7. The Morgan fingerprint density at radius 2 is 1.98 bits per heavy atom. The summed E-state index contributed by atoms with van der Waals surface area (Å²) in [5.41, 5.74) is 4.23. The molecule has 0 spiro atoms. The summed E-state index contributed by atoms with van der Waals surface area (Å²) in [6, 6.07) is 14.1. The van der Waals surface area contributed by atoms with Crippen molar-refractivity contribution in [1.82, 2.24) is 14.5 Å². The van der Waals surface area contributed by atoms with Gasteiger partial charge in [-0.2, -0.15) is 0 Å². The number of carboxylic acids is 1. The number of likely N-dealkylation sites (tertiary alicyclic amines) is 1. The van der Waals surface area contributed by atoms with Gasteiger partial charge in [0.05, 0.1) is 40.2 Å². The van der Waals surface area contributed by atoms with E-state index in [4.69, 9.17) is 4.74 Å². The molecular formula is C35H48N5O4+. The van der Waals surface area contributed by atoms with Gasteiger partial charge in [0.2, 0.25) is 5.91 Å². The third kappa shape index (κ3) is 7.33. The molecule has 9 nitrogen and oxygen atoms in total. The van der Waals surface area contributed by atoms with Gasteiger partial charge in [0.25, 0.3) is 0 Å². The number of aliphatic carboxylic acids is 1. The average Bonchev–Trinajstić information content (AvgIpc) is 3.69. The van der Waals surface area contributed by atoms with E-state index >= 15 is 0 Å². The Kier molecular flexibility index (Phi) is 9.75. The highest BCUT2D eigenvalue weighted by atomic mass is 16.5. The number of unbranched alkanes of at least 4 members (excludes halogenated alkanes) is 1. The number of hydrogen-bond acceptors (Lipinski definition) is 5. The number of hydrogen-bond donors (Lipinski definition) is 1. The minimum Gasteiger partial charge on any atom is -0.493 e. The third-order valence-corrected chi connectivity index (χ3v) is 9.01. The molecular weight excluding hydrogens is 554 g/mol. The Labute approximate surface area is 261 Å². The van der Waals surface area contributed by atoms with Crippen LogP contribution in [0.15, 0.2) is 54.9 Å². The number of aromatic nitrogens is 2. The van der Waals surface area contributed by atoms with Crippen LogP contribution in [-0.4, -0.2) is 89.3 Å². The molecule has 1 fully saturated rings. The predicted molar refractivity (Wildman–Crippen MR) is 172 cm³/mol. The molecule has 5 rings (SSSR count). The van der Waals surface area contributed by atoms with Gasteiger partial charge in [-0.3, -0.25) is 14.5 Å². The number of anilines is 1. The third-order valence-electron chi connectivity index (χ3n) is 9.01. The molecule has 9 heteroatoms. The molecule has 0 aliphatic carbocycles. The Morgan fingerprint density at radius 3 is 2.68 bits per heavy atom. The lowest BCUT2D eigenvalue weighted by atomic mass is 9.83. The summed E-state index contributed by atoms with van der Waals surface area (Å²) in [7, 11) is 8.44. The molecule has 3 heterocycles. The minimum absolute atomic E-state index is 0.00924. The molecule has 0 saturated carbocycles. The van der Waals surface area contributed by atoms with E-state index in [1.54, 1.807) is 6.20 Å². The van der Waals surface area contributed by atoms with Crippen molar-refractivity contribution in [3.05, 3.63) is 77.4 Å². The summed E-state index contributed by atoms with van der Waals surface area (Å²) in [6.45, 7) is 4.96. The Morgan fingerprint density at radius 1 is 1.16 bits per heavy atom. The van der Waals surface area contributed by atoms with Crippen LogP contribution >= 0.6 is 0 Å². The zero-order valence-corrected chi connectivity index (χ0v) is 26.9. The summed E-state index contributed by atoms with van der Waals surface area (Å²) in [6.07, 6.45) is 7.63. The van der Waals surface area contributed by atoms with Gasteiger partial charge in [0.1, 0.15) is 18.1 Å². The van der Waals surface area contributed by atoms with Crippen LogP contribution in [-0.2, 0) is 36.0 Å². The van der Waals surface area contributed by atoms with E-state index in [1.165, 1.54) is 5.56 Å². The van der Waals surface area contributed by atoms with Crippen LogP contribution in [0.4, 0.5) is 5.69 Å². The Bertz CT molecular complexity index is 1460. The molecule has 1 aromatic heterocycles. The average molecular weight is 603 g/mol. The van der Waals surface area contributed by atoms with Crippen molar-refractivity contribution in [2.75, 3.05) is 52.3 Å². The summed E-state index contributed by atoms with van der Waals surface area (Å²) in [5, 5.41) is 10.6. The number of fused-ring (bicyclic) bond motifs is 1. The standard InChI is InChI=1S/C35H47N5O4/c1-6-7-17-39(28-10-8-9-25(20-28)24-40(3,4)5)33(41)23-38-22-29(26-11-13-31-27(21-26)15-19-44-31)34(35(42)43)30(38)12-14-32-36-16-18-37(32)2/h8-11,13,16,18,20-21,29-30,34H,6-7,12,14-15,17,19,22-24H2,1-5H3/p+1/t29-,30+,34-/m1/s1. The monoisotopic (exact) mass is 602 g/mol. The molecule has 2 aliphatic heterocycles.